The zero-order chi connectivity index (χ0) is 21.9. The lowest BCUT2D eigenvalue weighted by Crippen LogP contribution is -2.51. The number of benzene rings is 1. The lowest BCUT2D eigenvalue weighted by atomic mass is 10.0. The number of pyridine rings is 2. The van der Waals surface area contributed by atoms with Crippen molar-refractivity contribution in [3.05, 3.63) is 56.6 Å². The number of nitrogens with zero attached hydrogens (tertiary/aromatic N) is 3. The Bertz CT molecular complexity index is 1290. The van der Waals surface area contributed by atoms with E-state index in [-0.39, 0.29) is 40.3 Å². The van der Waals surface area contributed by atoms with Crippen molar-refractivity contribution in [2.24, 2.45) is 0 Å². The molecule has 1 aromatic carbocycles. The second-order valence-electron chi connectivity index (χ2n) is 6.93. The van der Waals surface area contributed by atoms with Crippen LogP contribution in [0.4, 0.5) is 24.7 Å². The molecule has 1 saturated heterocycles. The Labute approximate surface area is 172 Å². The summed E-state index contributed by atoms with van der Waals surface area (Å²) < 4.78 is 44.0. The number of carbonyl (C=O) groups excluding carboxylic acids is 1. The molecule has 11 heteroatoms. The summed E-state index contributed by atoms with van der Waals surface area (Å²) in [5.41, 5.74) is 4.05. The van der Waals surface area contributed by atoms with Gasteiger partial charge in [-0.25, -0.2) is 18.2 Å². The molecule has 2 aromatic heterocycles. The molecule has 30 heavy (non-hydrogen) atoms. The van der Waals surface area contributed by atoms with Crippen LogP contribution in [0.1, 0.15) is 17.3 Å². The molecule has 0 bridgehead atoms. The van der Waals surface area contributed by atoms with Gasteiger partial charge in [0.25, 0.3) is 0 Å². The van der Waals surface area contributed by atoms with E-state index in [1.165, 1.54) is 4.90 Å². The number of hydrogen-bond donors (Lipinski definition) is 2. The zero-order valence-electron chi connectivity index (χ0n) is 15.4. The smallest absolute Gasteiger partial charge is 0.200 e. The predicted octanol–water partition coefficient (Wildman–Crippen LogP) is 2.42. The zero-order valence-corrected chi connectivity index (χ0v) is 16.2. The van der Waals surface area contributed by atoms with Gasteiger partial charge in [0.05, 0.1) is 33.3 Å². The molecule has 0 radical (unpaired) electrons. The number of carbonyl (C=O) groups is 1. The summed E-state index contributed by atoms with van der Waals surface area (Å²) >= 11 is 6.42. The van der Waals surface area contributed by atoms with Crippen LogP contribution in [0.3, 0.4) is 0 Å². The number of fused-ring (bicyclic) bond motifs is 1. The van der Waals surface area contributed by atoms with Gasteiger partial charge < -0.3 is 15.7 Å². The van der Waals surface area contributed by atoms with Crippen molar-refractivity contribution in [3.8, 4) is 5.82 Å². The summed E-state index contributed by atoms with van der Waals surface area (Å²) in [6.45, 7) is 1.32. The Morgan fingerprint density at radius 3 is 2.50 bits per heavy atom. The van der Waals surface area contributed by atoms with E-state index < -0.39 is 46.4 Å². The van der Waals surface area contributed by atoms with Crippen molar-refractivity contribution in [1.82, 2.24) is 9.55 Å². The molecule has 0 aliphatic carbocycles. The molecule has 3 N–H and O–H groups in total. The lowest BCUT2D eigenvalue weighted by molar-refractivity contribution is 0.101. The highest BCUT2D eigenvalue weighted by Gasteiger charge is 2.31. The molecule has 3 aromatic rings. The van der Waals surface area contributed by atoms with Gasteiger partial charge >= 0.3 is 0 Å². The van der Waals surface area contributed by atoms with E-state index in [2.05, 4.69) is 4.98 Å². The van der Waals surface area contributed by atoms with Crippen molar-refractivity contribution < 1.29 is 23.1 Å². The standard InChI is InChI=1S/C19H14ClF3N4O3/c1-7(28)10-6-27(19-13(23)3-12(22)18(24)25-19)15-9(17(10)30)2-11(21)16(14(15)20)26-4-8(29)5-26/h2-3,6,8,29H,4-5H2,1H3,(H2,24,25). The first-order valence-corrected chi connectivity index (χ1v) is 9.11. The molecule has 0 saturated carbocycles. The quantitative estimate of drug-likeness (QED) is 0.609. The van der Waals surface area contributed by atoms with Gasteiger partial charge in [-0.1, -0.05) is 11.6 Å². The van der Waals surface area contributed by atoms with Crippen molar-refractivity contribution in [2.75, 3.05) is 23.7 Å². The van der Waals surface area contributed by atoms with Gasteiger partial charge in [0.1, 0.15) is 5.82 Å². The number of nitrogens with two attached hydrogens (primary N) is 1. The minimum atomic E-state index is -1.14. The molecule has 0 atom stereocenters. The third kappa shape index (κ3) is 2.99. The number of β-amino-alcohol motifs (C(OH)–C–C–N with tert-alkyl or cyclic N) is 1. The Morgan fingerprint density at radius 1 is 1.23 bits per heavy atom. The first kappa shape index (κ1) is 20.2. The third-order valence-corrected chi connectivity index (χ3v) is 5.24. The summed E-state index contributed by atoms with van der Waals surface area (Å²) in [6, 6.07) is 1.39. The monoisotopic (exact) mass is 438 g/mol. The second-order valence-corrected chi connectivity index (χ2v) is 7.31. The first-order chi connectivity index (χ1) is 14.1. The molecule has 0 amide bonds. The van der Waals surface area contributed by atoms with Gasteiger partial charge in [0, 0.05) is 25.4 Å². The van der Waals surface area contributed by atoms with Crippen LogP contribution in [0.2, 0.25) is 5.02 Å². The second kappa shape index (κ2) is 6.99. The van der Waals surface area contributed by atoms with Gasteiger partial charge in [0.15, 0.2) is 34.5 Å². The topological polar surface area (TPSA) is 101 Å². The van der Waals surface area contributed by atoms with E-state index in [4.69, 9.17) is 17.3 Å². The van der Waals surface area contributed by atoms with Crippen LogP contribution in [0, 0.1) is 17.5 Å². The summed E-state index contributed by atoms with van der Waals surface area (Å²) in [5, 5.41) is 8.98. The number of ketones is 1. The van der Waals surface area contributed by atoms with Crippen LogP contribution >= 0.6 is 11.6 Å². The first-order valence-electron chi connectivity index (χ1n) is 8.73. The minimum absolute atomic E-state index is 0.103. The summed E-state index contributed by atoms with van der Waals surface area (Å²) in [6.07, 6.45) is 0.336. The summed E-state index contributed by atoms with van der Waals surface area (Å²) in [5.74, 6) is -4.88. The highest BCUT2D eigenvalue weighted by Crippen LogP contribution is 2.38. The average Bonchev–Trinajstić information content (AvgIpc) is 2.64. The number of nitrogen functional groups attached to an aromatic ring is 1. The number of halogens is 4. The number of aromatic nitrogens is 2. The Kier molecular flexibility index (Phi) is 4.70. The largest absolute Gasteiger partial charge is 0.389 e. The van der Waals surface area contributed by atoms with E-state index in [0.29, 0.717) is 6.07 Å². The van der Waals surface area contributed by atoms with Crippen molar-refractivity contribution in [3.63, 3.8) is 0 Å². The molecule has 1 aliphatic rings. The average molecular weight is 439 g/mol. The van der Waals surface area contributed by atoms with Gasteiger partial charge in [-0.05, 0) is 13.0 Å². The number of Topliss-reactive ketones (excluding diaryl/α,β-unsaturated/α-hetero) is 1. The van der Waals surface area contributed by atoms with Crippen LogP contribution in [-0.4, -0.2) is 39.6 Å². The van der Waals surface area contributed by atoms with E-state index in [1.807, 2.05) is 0 Å². The number of rotatable bonds is 3. The van der Waals surface area contributed by atoms with E-state index in [9.17, 15) is 27.9 Å². The summed E-state index contributed by atoms with van der Waals surface area (Å²) in [7, 11) is 0. The molecular weight excluding hydrogens is 425 g/mol. The third-order valence-electron chi connectivity index (χ3n) is 4.88. The van der Waals surface area contributed by atoms with Crippen LogP contribution in [0.15, 0.2) is 23.1 Å². The molecule has 1 fully saturated rings. The molecule has 0 unspecified atom stereocenters. The summed E-state index contributed by atoms with van der Waals surface area (Å²) in [4.78, 5) is 29.9. The van der Waals surface area contributed by atoms with Gasteiger partial charge in [-0.2, -0.15) is 0 Å². The SMILES string of the molecule is CC(=O)c1cn(-c2nc(N)c(F)cc2F)c2c(Cl)c(N3CC(O)C3)c(F)cc2c1=O. The van der Waals surface area contributed by atoms with Crippen LogP contribution in [0.25, 0.3) is 16.7 Å². The Balaban J connectivity index is 2.14. The predicted molar refractivity (Wildman–Crippen MR) is 105 cm³/mol. The highest BCUT2D eigenvalue weighted by molar-refractivity contribution is 6.38. The van der Waals surface area contributed by atoms with E-state index >= 15 is 0 Å². The molecule has 7 nitrogen and oxygen atoms in total. The van der Waals surface area contributed by atoms with E-state index in [1.54, 1.807) is 0 Å². The van der Waals surface area contributed by atoms with Gasteiger partial charge in [-0.15, -0.1) is 0 Å². The maximum atomic E-state index is 14.8. The minimum Gasteiger partial charge on any atom is -0.389 e. The lowest BCUT2D eigenvalue weighted by Gasteiger charge is -2.38. The van der Waals surface area contributed by atoms with Crippen molar-refractivity contribution in [2.45, 2.75) is 13.0 Å². The fourth-order valence-electron chi connectivity index (χ4n) is 3.39. The molecule has 156 valence electrons. The van der Waals surface area contributed by atoms with Crippen LogP contribution < -0.4 is 16.1 Å². The maximum absolute atomic E-state index is 14.8. The van der Waals surface area contributed by atoms with Crippen LogP contribution in [-0.2, 0) is 0 Å². The van der Waals surface area contributed by atoms with E-state index in [0.717, 1.165) is 23.8 Å². The number of anilines is 2. The molecule has 4 rings (SSSR count). The number of aliphatic hydroxyl groups excluding tert-OH is 1. The fourth-order valence-corrected chi connectivity index (χ4v) is 3.79. The number of hydrogen-bond acceptors (Lipinski definition) is 6. The maximum Gasteiger partial charge on any atom is 0.200 e. The normalized spacial score (nSPS) is 14.3. The van der Waals surface area contributed by atoms with Crippen molar-refractivity contribution in [1.29, 1.82) is 0 Å². The molecule has 0 spiro atoms. The highest BCUT2D eigenvalue weighted by atomic mass is 35.5. The molecule has 3 heterocycles. The number of aliphatic hydroxyl groups is 1. The van der Waals surface area contributed by atoms with Crippen LogP contribution in [0.5, 0.6) is 0 Å². The molecule has 1 aliphatic heterocycles. The van der Waals surface area contributed by atoms with Gasteiger partial charge in [-0.3, -0.25) is 14.2 Å². The molecular formula is C19H14ClF3N4O3. The Morgan fingerprint density at radius 2 is 1.90 bits per heavy atom. The fraction of sp³-hybridized carbons (Fsp3) is 0.211. The van der Waals surface area contributed by atoms with Crippen molar-refractivity contribution >= 4 is 39.8 Å². The van der Waals surface area contributed by atoms with Gasteiger partial charge in [0.2, 0.25) is 0 Å². The Hall–Kier alpha value is -3.11.